The Kier molecular flexibility index (Phi) is 7.29. The van der Waals surface area contributed by atoms with Gasteiger partial charge in [0.2, 0.25) is 6.29 Å². The highest BCUT2D eigenvalue weighted by Gasteiger charge is 2.38. The van der Waals surface area contributed by atoms with Gasteiger partial charge in [0.15, 0.2) is 5.76 Å². The Balaban J connectivity index is 2.42. The van der Waals surface area contributed by atoms with E-state index >= 15 is 0 Å². The van der Waals surface area contributed by atoms with Gasteiger partial charge in [0, 0.05) is 44.2 Å². The molecule has 3 atom stereocenters. The van der Waals surface area contributed by atoms with E-state index in [-0.39, 0.29) is 24.3 Å². The SMILES string of the molecule is CCO[C@@H]1OC(C(=O)N(C)C)=C[C@H](c2ccc(Cl)cc2)[C@H]1CCCO. The minimum Gasteiger partial charge on any atom is -0.459 e. The number of aliphatic hydroxyl groups excluding tert-OH is 1. The van der Waals surface area contributed by atoms with Gasteiger partial charge >= 0.3 is 0 Å². The summed E-state index contributed by atoms with van der Waals surface area (Å²) < 4.78 is 11.7. The van der Waals surface area contributed by atoms with E-state index in [4.69, 9.17) is 21.1 Å². The average Bonchev–Trinajstić information content (AvgIpc) is 2.60. The third-order valence-corrected chi connectivity index (χ3v) is 4.54. The molecule has 1 aliphatic rings. The predicted octanol–water partition coefficient (Wildman–Crippen LogP) is 3.18. The van der Waals surface area contributed by atoms with Crippen molar-refractivity contribution >= 4 is 17.5 Å². The highest BCUT2D eigenvalue weighted by molar-refractivity contribution is 6.30. The molecule has 1 N–H and O–H groups in total. The van der Waals surface area contributed by atoms with Gasteiger partial charge in [0.25, 0.3) is 5.91 Å². The Morgan fingerprint density at radius 2 is 2.00 bits per heavy atom. The number of likely N-dealkylation sites (N-methyl/N-ethyl adjacent to an activating group) is 1. The summed E-state index contributed by atoms with van der Waals surface area (Å²) in [5, 5.41) is 9.91. The van der Waals surface area contributed by atoms with E-state index in [1.54, 1.807) is 14.1 Å². The Hall–Kier alpha value is -1.56. The number of halogens is 1. The maximum atomic E-state index is 12.4. The second-order valence-corrected chi connectivity index (χ2v) is 6.72. The van der Waals surface area contributed by atoms with Gasteiger partial charge in [-0.3, -0.25) is 4.79 Å². The summed E-state index contributed by atoms with van der Waals surface area (Å²) in [5.74, 6) is 0.0629. The first-order valence-corrected chi connectivity index (χ1v) is 8.93. The van der Waals surface area contributed by atoms with Crippen molar-refractivity contribution in [3.8, 4) is 0 Å². The zero-order chi connectivity index (χ0) is 18.4. The minimum atomic E-state index is -0.527. The van der Waals surface area contributed by atoms with Crippen LogP contribution in [-0.2, 0) is 14.3 Å². The lowest BCUT2D eigenvalue weighted by Crippen LogP contribution is -2.38. The van der Waals surface area contributed by atoms with E-state index in [0.717, 1.165) is 12.0 Å². The van der Waals surface area contributed by atoms with Gasteiger partial charge in [-0.15, -0.1) is 0 Å². The van der Waals surface area contributed by atoms with Crippen LogP contribution in [-0.4, -0.2) is 49.5 Å². The summed E-state index contributed by atoms with van der Waals surface area (Å²) >= 11 is 6.01. The summed E-state index contributed by atoms with van der Waals surface area (Å²) in [6, 6.07) is 7.60. The van der Waals surface area contributed by atoms with Crippen LogP contribution in [0.5, 0.6) is 0 Å². The molecular formula is C19H26ClNO4. The molecule has 0 unspecified atom stereocenters. The van der Waals surface area contributed by atoms with Crippen molar-refractivity contribution in [1.82, 2.24) is 4.90 Å². The lowest BCUT2D eigenvalue weighted by molar-refractivity contribution is -0.169. The maximum Gasteiger partial charge on any atom is 0.288 e. The van der Waals surface area contributed by atoms with Crippen LogP contribution in [0, 0.1) is 5.92 Å². The smallest absolute Gasteiger partial charge is 0.288 e. The molecule has 2 rings (SSSR count). The number of nitrogens with zero attached hydrogens (tertiary/aromatic N) is 1. The Bertz CT molecular complexity index is 600. The zero-order valence-corrected chi connectivity index (χ0v) is 15.7. The van der Waals surface area contributed by atoms with Gasteiger partial charge in [0.1, 0.15) is 0 Å². The van der Waals surface area contributed by atoms with Crippen LogP contribution in [0.1, 0.15) is 31.2 Å². The van der Waals surface area contributed by atoms with Crippen molar-refractivity contribution in [2.45, 2.75) is 32.0 Å². The monoisotopic (exact) mass is 367 g/mol. The van der Waals surface area contributed by atoms with Crippen molar-refractivity contribution < 1.29 is 19.4 Å². The Morgan fingerprint density at radius 1 is 1.32 bits per heavy atom. The van der Waals surface area contributed by atoms with Gasteiger partial charge < -0.3 is 19.5 Å². The molecule has 1 aromatic carbocycles. The quantitative estimate of drug-likeness (QED) is 0.804. The number of amides is 1. The topological polar surface area (TPSA) is 59.0 Å². The van der Waals surface area contributed by atoms with Crippen molar-refractivity contribution in [2.75, 3.05) is 27.3 Å². The minimum absolute atomic E-state index is 0.00647. The molecule has 0 fully saturated rings. The third kappa shape index (κ3) is 4.97. The summed E-state index contributed by atoms with van der Waals surface area (Å²) in [5.41, 5.74) is 1.05. The number of aliphatic hydroxyl groups is 1. The molecule has 0 saturated heterocycles. The van der Waals surface area contributed by atoms with E-state index in [2.05, 4.69) is 0 Å². The van der Waals surface area contributed by atoms with Crippen LogP contribution >= 0.6 is 11.6 Å². The fourth-order valence-corrected chi connectivity index (χ4v) is 3.17. The van der Waals surface area contributed by atoms with Crippen molar-refractivity contribution in [1.29, 1.82) is 0 Å². The van der Waals surface area contributed by atoms with Crippen LogP contribution in [0.3, 0.4) is 0 Å². The molecule has 0 bridgehead atoms. The molecule has 5 nitrogen and oxygen atoms in total. The molecule has 138 valence electrons. The Morgan fingerprint density at radius 3 is 2.56 bits per heavy atom. The Labute approximate surface area is 154 Å². The fraction of sp³-hybridized carbons (Fsp3) is 0.526. The average molecular weight is 368 g/mol. The molecule has 1 aliphatic heterocycles. The summed E-state index contributed by atoms with van der Waals surface area (Å²) in [7, 11) is 3.38. The number of allylic oxidation sites excluding steroid dienone is 1. The van der Waals surface area contributed by atoms with Gasteiger partial charge in [-0.1, -0.05) is 23.7 Å². The van der Waals surface area contributed by atoms with Crippen LogP contribution in [0.4, 0.5) is 0 Å². The standard InChI is InChI=1S/C19H26ClNO4/c1-4-24-19-15(6-5-11-22)16(13-7-9-14(20)10-8-13)12-17(25-19)18(23)21(2)3/h7-10,12,15-16,19,22H,4-6,11H2,1-3H3/t15-,16-,19-/m1/s1. The number of hydrogen-bond donors (Lipinski definition) is 1. The van der Waals surface area contributed by atoms with Crippen molar-refractivity contribution in [3.63, 3.8) is 0 Å². The van der Waals surface area contributed by atoms with Crippen LogP contribution in [0.2, 0.25) is 5.02 Å². The molecule has 0 aliphatic carbocycles. The van der Waals surface area contributed by atoms with E-state index < -0.39 is 6.29 Å². The maximum absolute atomic E-state index is 12.4. The number of rotatable bonds is 7. The van der Waals surface area contributed by atoms with Gasteiger partial charge in [0.05, 0.1) is 0 Å². The van der Waals surface area contributed by atoms with Crippen LogP contribution < -0.4 is 0 Å². The number of benzene rings is 1. The molecule has 0 spiro atoms. The number of carbonyl (C=O) groups excluding carboxylic acids is 1. The van der Waals surface area contributed by atoms with Crippen LogP contribution in [0.15, 0.2) is 36.1 Å². The first kappa shape index (κ1) is 19.8. The van der Waals surface area contributed by atoms with E-state index in [0.29, 0.717) is 23.8 Å². The van der Waals surface area contributed by atoms with E-state index in [1.165, 1.54) is 4.90 Å². The largest absolute Gasteiger partial charge is 0.459 e. The number of ether oxygens (including phenoxy) is 2. The highest BCUT2D eigenvalue weighted by Crippen LogP contribution is 2.39. The highest BCUT2D eigenvalue weighted by atomic mass is 35.5. The molecule has 0 aromatic heterocycles. The predicted molar refractivity (Wildman–Crippen MR) is 97.3 cm³/mol. The summed E-state index contributed by atoms with van der Waals surface area (Å²) in [6.45, 7) is 2.49. The first-order valence-electron chi connectivity index (χ1n) is 8.56. The first-order chi connectivity index (χ1) is 12.0. The van der Waals surface area contributed by atoms with Gasteiger partial charge in [-0.2, -0.15) is 0 Å². The van der Waals surface area contributed by atoms with Crippen molar-refractivity contribution in [2.24, 2.45) is 5.92 Å². The van der Waals surface area contributed by atoms with E-state index in [9.17, 15) is 9.90 Å². The van der Waals surface area contributed by atoms with Crippen LogP contribution in [0.25, 0.3) is 0 Å². The molecular weight excluding hydrogens is 342 g/mol. The van der Waals surface area contributed by atoms with E-state index in [1.807, 2.05) is 37.3 Å². The molecule has 6 heteroatoms. The lowest BCUT2D eigenvalue weighted by Gasteiger charge is -2.37. The number of hydrogen-bond acceptors (Lipinski definition) is 4. The van der Waals surface area contributed by atoms with Gasteiger partial charge in [-0.05, 0) is 43.5 Å². The molecule has 0 saturated carbocycles. The molecule has 0 radical (unpaired) electrons. The molecule has 25 heavy (non-hydrogen) atoms. The molecule has 1 amide bonds. The zero-order valence-electron chi connectivity index (χ0n) is 14.9. The summed E-state index contributed by atoms with van der Waals surface area (Å²) in [6.07, 6.45) is 2.71. The number of carbonyl (C=O) groups is 1. The third-order valence-electron chi connectivity index (χ3n) is 4.28. The lowest BCUT2D eigenvalue weighted by atomic mass is 9.80. The van der Waals surface area contributed by atoms with Crippen molar-refractivity contribution in [3.05, 3.63) is 46.7 Å². The fourth-order valence-electron chi connectivity index (χ4n) is 3.04. The normalized spacial score (nSPS) is 22.9. The second-order valence-electron chi connectivity index (χ2n) is 6.28. The second kappa shape index (κ2) is 9.22. The molecule has 1 heterocycles. The molecule has 1 aromatic rings. The van der Waals surface area contributed by atoms with Gasteiger partial charge in [-0.25, -0.2) is 0 Å². The summed E-state index contributed by atoms with van der Waals surface area (Å²) in [4.78, 5) is 13.9.